The molecule has 1 aliphatic rings. The quantitative estimate of drug-likeness (QED) is 0.772. The molecule has 0 bridgehead atoms. The molecule has 0 saturated carbocycles. The minimum absolute atomic E-state index is 0.275. The van der Waals surface area contributed by atoms with Gasteiger partial charge in [0.1, 0.15) is 0 Å². The molecule has 1 unspecified atom stereocenters. The van der Waals surface area contributed by atoms with E-state index in [1.54, 1.807) is 0 Å². The summed E-state index contributed by atoms with van der Waals surface area (Å²) in [4.78, 5) is 0. The van der Waals surface area contributed by atoms with E-state index in [1.807, 2.05) is 23.9 Å². The zero-order chi connectivity index (χ0) is 9.26. The Balaban J connectivity index is 2.43. The van der Waals surface area contributed by atoms with Crippen molar-refractivity contribution in [3.05, 3.63) is 33.8 Å². The molecule has 1 nitrogen and oxygen atoms in total. The number of thioether (sulfide) groups is 1. The van der Waals surface area contributed by atoms with Gasteiger partial charge >= 0.3 is 0 Å². The lowest BCUT2D eigenvalue weighted by molar-refractivity contribution is 0.175. The minimum atomic E-state index is -0.275. The molecule has 0 saturated heterocycles. The van der Waals surface area contributed by atoms with Gasteiger partial charge in [-0.3, -0.25) is 0 Å². The van der Waals surface area contributed by atoms with Crippen LogP contribution < -0.4 is 0 Å². The number of fused-ring (bicyclic) bond motifs is 1. The van der Waals surface area contributed by atoms with Crippen molar-refractivity contribution in [2.24, 2.45) is 0 Å². The van der Waals surface area contributed by atoms with Crippen LogP contribution in [0.5, 0.6) is 0 Å². The summed E-state index contributed by atoms with van der Waals surface area (Å²) in [7, 11) is 0. The molecule has 13 heavy (non-hydrogen) atoms. The van der Waals surface area contributed by atoms with Crippen LogP contribution in [0.25, 0.3) is 0 Å². The lowest BCUT2D eigenvalue weighted by Gasteiger charge is -2.10. The molecule has 0 radical (unpaired) electrons. The van der Waals surface area contributed by atoms with Crippen LogP contribution >= 0.6 is 27.7 Å². The lowest BCUT2D eigenvalue weighted by atomic mass is 10.0. The van der Waals surface area contributed by atoms with Gasteiger partial charge in [-0.05, 0) is 35.4 Å². The molecule has 1 aromatic rings. The van der Waals surface area contributed by atoms with Crippen LogP contribution in [0.3, 0.4) is 0 Å². The summed E-state index contributed by atoms with van der Waals surface area (Å²) >= 11 is 5.32. The molecule has 1 aliphatic heterocycles. The van der Waals surface area contributed by atoms with Gasteiger partial charge in [-0.1, -0.05) is 22.0 Å². The van der Waals surface area contributed by atoms with Gasteiger partial charge in [0.2, 0.25) is 0 Å². The van der Waals surface area contributed by atoms with Crippen molar-refractivity contribution in [1.82, 2.24) is 0 Å². The number of aliphatic hydroxyl groups is 1. The van der Waals surface area contributed by atoms with Gasteiger partial charge in [0.15, 0.2) is 0 Å². The average Bonchev–Trinajstić information content (AvgIpc) is 2.29. The Morgan fingerprint density at radius 1 is 1.46 bits per heavy atom. The topological polar surface area (TPSA) is 20.2 Å². The summed E-state index contributed by atoms with van der Waals surface area (Å²) in [5.41, 5.74) is 2.37. The van der Waals surface area contributed by atoms with Crippen LogP contribution in [0.2, 0.25) is 0 Å². The Bertz CT molecular complexity index is 314. The van der Waals surface area contributed by atoms with E-state index in [2.05, 4.69) is 22.0 Å². The highest BCUT2D eigenvalue weighted by atomic mass is 79.9. The maximum atomic E-state index is 9.83. The Morgan fingerprint density at radius 2 is 2.31 bits per heavy atom. The molecule has 3 heteroatoms. The van der Waals surface area contributed by atoms with Gasteiger partial charge in [0.25, 0.3) is 0 Å². The van der Waals surface area contributed by atoms with Crippen molar-refractivity contribution in [2.75, 3.05) is 5.75 Å². The number of aliphatic hydroxyl groups excluding tert-OH is 1. The summed E-state index contributed by atoms with van der Waals surface area (Å²) in [5.74, 6) is 2.08. The van der Waals surface area contributed by atoms with Crippen LogP contribution in [-0.2, 0) is 5.75 Å². The highest BCUT2D eigenvalue weighted by Crippen LogP contribution is 2.32. The van der Waals surface area contributed by atoms with Crippen LogP contribution in [-0.4, -0.2) is 10.9 Å². The fraction of sp³-hybridized carbons (Fsp3) is 0.400. The molecular weight excluding hydrogens is 248 g/mol. The van der Waals surface area contributed by atoms with Gasteiger partial charge in [-0.2, -0.15) is 11.8 Å². The molecular formula is C10H11BrOS. The normalized spacial score (nSPS) is 22.2. The summed E-state index contributed by atoms with van der Waals surface area (Å²) in [6, 6.07) is 6.17. The standard InChI is InChI=1S/C10H11BrOS/c11-8-2-1-7-6-13-4-3-10(12)9(7)5-8/h1-2,5,10,12H,3-4,6H2. The van der Waals surface area contributed by atoms with Crippen LogP contribution in [0, 0.1) is 0 Å². The number of halogens is 1. The second-order valence-corrected chi connectivity index (χ2v) is 5.22. The zero-order valence-electron chi connectivity index (χ0n) is 7.16. The highest BCUT2D eigenvalue weighted by molar-refractivity contribution is 9.10. The molecule has 0 spiro atoms. The maximum Gasteiger partial charge on any atom is 0.0801 e. The van der Waals surface area contributed by atoms with Crippen LogP contribution in [0.1, 0.15) is 23.7 Å². The van der Waals surface area contributed by atoms with Gasteiger partial charge in [-0.15, -0.1) is 0 Å². The molecule has 1 heterocycles. The fourth-order valence-electron chi connectivity index (χ4n) is 1.54. The zero-order valence-corrected chi connectivity index (χ0v) is 9.57. The number of rotatable bonds is 0. The van der Waals surface area contributed by atoms with E-state index in [0.717, 1.165) is 28.0 Å². The van der Waals surface area contributed by atoms with Crippen molar-refractivity contribution in [2.45, 2.75) is 18.3 Å². The predicted molar refractivity (Wildman–Crippen MR) is 59.9 cm³/mol. The monoisotopic (exact) mass is 258 g/mol. The number of hydrogen-bond acceptors (Lipinski definition) is 2. The second-order valence-electron chi connectivity index (χ2n) is 3.20. The first-order valence-electron chi connectivity index (χ1n) is 4.31. The third-order valence-electron chi connectivity index (χ3n) is 2.26. The Labute approximate surface area is 90.7 Å². The van der Waals surface area contributed by atoms with E-state index < -0.39 is 0 Å². The van der Waals surface area contributed by atoms with Gasteiger partial charge in [0.05, 0.1) is 6.10 Å². The van der Waals surface area contributed by atoms with Crippen molar-refractivity contribution >= 4 is 27.7 Å². The average molecular weight is 259 g/mol. The summed E-state index contributed by atoms with van der Waals surface area (Å²) in [6.45, 7) is 0. The number of hydrogen-bond donors (Lipinski definition) is 1. The molecule has 0 aliphatic carbocycles. The first kappa shape index (κ1) is 9.56. The van der Waals surface area contributed by atoms with Crippen LogP contribution in [0.4, 0.5) is 0 Å². The van der Waals surface area contributed by atoms with Gasteiger partial charge < -0.3 is 5.11 Å². The Hall–Kier alpha value is 0.01000. The van der Waals surface area contributed by atoms with Crippen LogP contribution in [0.15, 0.2) is 22.7 Å². The Kier molecular flexibility index (Phi) is 2.96. The summed E-state index contributed by atoms with van der Waals surface area (Å²) < 4.78 is 1.05. The molecule has 1 atom stereocenters. The maximum absolute atomic E-state index is 9.83. The third kappa shape index (κ3) is 2.09. The van der Waals surface area contributed by atoms with Crippen molar-refractivity contribution < 1.29 is 5.11 Å². The highest BCUT2D eigenvalue weighted by Gasteiger charge is 2.16. The second kappa shape index (κ2) is 4.03. The lowest BCUT2D eigenvalue weighted by Crippen LogP contribution is -1.99. The molecule has 2 rings (SSSR count). The first-order valence-corrected chi connectivity index (χ1v) is 6.26. The van der Waals surface area contributed by atoms with E-state index in [-0.39, 0.29) is 6.10 Å². The summed E-state index contributed by atoms with van der Waals surface area (Å²) in [6.07, 6.45) is 0.594. The largest absolute Gasteiger partial charge is 0.388 e. The smallest absolute Gasteiger partial charge is 0.0801 e. The fourth-order valence-corrected chi connectivity index (χ4v) is 2.94. The van der Waals surface area contributed by atoms with Gasteiger partial charge in [0, 0.05) is 10.2 Å². The summed E-state index contributed by atoms with van der Waals surface area (Å²) in [5, 5.41) is 9.83. The van der Waals surface area contributed by atoms with E-state index in [0.29, 0.717) is 0 Å². The SMILES string of the molecule is OC1CCSCc2ccc(Br)cc21. The van der Waals surface area contributed by atoms with E-state index in [4.69, 9.17) is 0 Å². The van der Waals surface area contributed by atoms with Crippen molar-refractivity contribution in [3.8, 4) is 0 Å². The molecule has 0 fully saturated rings. The van der Waals surface area contributed by atoms with E-state index in [1.165, 1.54) is 5.56 Å². The first-order chi connectivity index (χ1) is 6.27. The molecule has 1 N–H and O–H groups in total. The predicted octanol–water partition coefficient (Wildman–Crippen LogP) is 3.12. The number of benzene rings is 1. The van der Waals surface area contributed by atoms with E-state index >= 15 is 0 Å². The molecule has 0 amide bonds. The van der Waals surface area contributed by atoms with Crippen molar-refractivity contribution in [1.29, 1.82) is 0 Å². The Morgan fingerprint density at radius 3 is 3.15 bits per heavy atom. The molecule has 0 aromatic heterocycles. The minimum Gasteiger partial charge on any atom is -0.388 e. The van der Waals surface area contributed by atoms with Gasteiger partial charge in [-0.25, -0.2) is 0 Å². The molecule has 1 aromatic carbocycles. The van der Waals surface area contributed by atoms with Crippen molar-refractivity contribution in [3.63, 3.8) is 0 Å². The third-order valence-corrected chi connectivity index (χ3v) is 3.79. The molecule has 70 valence electrons. The van der Waals surface area contributed by atoms with E-state index in [9.17, 15) is 5.11 Å².